The molecule has 1 amide bonds. The fourth-order valence-electron chi connectivity index (χ4n) is 3.96. The summed E-state index contributed by atoms with van der Waals surface area (Å²) in [4.78, 5) is 17.1. The van der Waals surface area contributed by atoms with Crippen molar-refractivity contribution < 1.29 is 21.6 Å². The number of thiazole rings is 1. The van der Waals surface area contributed by atoms with Crippen LogP contribution in [-0.4, -0.2) is 34.3 Å². The number of nitrogens with one attached hydrogen (secondary N) is 1. The van der Waals surface area contributed by atoms with Crippen molar-refractivity contribution in [3.63, 3.8) is 0 Å². The quantitative estimate of drug-likeness (QED) is 0.407. The summed E-state index contributed by atoms with van der Waals surface area (Å²) >= 11 is 1.10. The Balaban J connectivity index is 1.36. The minimum atomic E-state index is -3.85. The van der Waals surface area contributed by atoms with Crippen molar-refractivity contribution in [3.8, 4) is 0 Å². The second-order valence-electron chi connectivity index (χ2n) is 7.98. The number of aromatic nitrogens is 1. The number of hydrogen-bond donors (Lipinski definition) is 2. The van der Waals surface area contributed by atoms with E-state index in [4.69, 9.17) is 5.14 Å². The molecule has 0 atom stereocenters. The summed E-state index contributed by atoms with van der Waals surface area (Å²) in [6.45, 7) is 0.395. The van der Waals surface area contributed by atoms with Crippen LogP contribution >= 0.6 is 11.3 Å². The van der Waals surface area contributed by atoms with Gasteiger partial charge in [0.05, 0.1) is 25.7 Å². The van der Waals surface area contributed by atoms with Gasteiger partial charge in [-0.1, -0.05) is 29.5 Å². The summed E-state index contributed by atoms with van der Waals surface area (Å²) in [6, 6.07) is 17.4. The number of hydrogen-bond acceptors (Lipinski definition) is 7. The van der Waals surface area contributed by atoms with Crippen LogP contribution in [0.2, 0.25) is 0 Å². The van der Waals surface area contributed by atoms with Gasteiger partial charge in [0, 0.05) is 12.1 Å². The van der Waals surface area contributed by atoms with Crippen molar-refractivity contribution in [1.29, 1.82) is 0 Å². The zero-order valence-electron chi connectivity index (χ0n) is 18.2. The fraction of sp³-hybridized carbons (Fsp3) is 0.130. The number of amides is 1. The second-order valence-corrected chi connectivity index (χ2v) is 12.4. The van der Waals surface area contributed by atoms with E-state index in [1.54, 1.807) is 6.07 Å². The first-order chi connectivity index (χ1) is 16.6. The highest BCUT2D eigenvalue weighted by Gasteiger charge is 2.29. The lowest BCUT2D eigenvalue weighted by atomic mass is 10.0. The molecule has 0 radical (unpaired) electrons. The van der Waals surface area contributed by atoms with Gasteiger partial charge in [0.1, 0.15) is 0 Å². The number of nitrogens with zero attached hydrogens (tertiary/aromatic N) is 2. The van der Waals surface area contributed by atoms with Crippen LogP contribution < -0.4 is 14.8 Å². The van der Waals surface area contributed by atoms with Crippen LogP contribution in [0.1, 0.15) is 22.3 Å². The van der Waals surface area contributed by atoms with Crippen molar-refractivity contribution in [2.24, 2.45) is 5.14 Å². The minimum absolute atomic E-state index is 0.0420. The third-order valence-electron chi connectivity index (χ3n) is 5.68. The number of fused-ring (bicyclic) bond motifs is 2. The van der Waals surface area contributed by atoms with Gasteiger partial charge < -0.3 is 0 Å². The lowest BCUT2D eigenvalue weighted by Gasteiger charge is -2.30. The van der Waals surface area contributed by atoms with Crippen LogP contribution in [0, 0.1) is 0 Å². The molecular weight excluding hydrogens is 508 g/mol. The van der Waals surface area contributed by atoms with Crippen LogP contribution in [-0.2, 0) is 26.5 Å². The first kappa shape index (κ1) is 23.4. The topological polar surface area (TPSA) is 140 Å². The van der Waals surface area contributed by atoms with Gasteiger partial charge in [-0.25, -0.2) is 27.0 Å². The molecule has 0 spiro atoms. The van der Waals surface area contributed by atoms with Gasteiger partial charge in [-0.05, 0) is 66.9 Å². The number of carbonyl (C=O) groups is 1. The molecule has 12 heteroatoms. The first-order valence-electron chi connectivity index (χ1n) is 10.6. The van der Waals surface area contributed by atoms with Gasteiger partial charge in [0.15, 0.2) is 5.13 Å². The highest BCUT2D eigenvalue weighted by molar-refractivity contribution is 7.92. The van der Waals surface area contributed by atoms with Crippen LogP contribution in [0.3, 0.4) is 0 Å². The Kier molecular flexibility index (Phi) is 5.83. The molecule has 5 rings (SSSR count). The molecule has 0 unspecified atom stereocenters. The van der Waals surface area contributed by atoms with E-state index in [1.807, 2.05) is 18.2 Å². The van der Waals surface area contributed by atoms with Gasteiger partial charge in [-0.15, -0.1) is 0 Å². The molecule has 0 saturated carbocycles. The number of carbonyl (C=O) groups excluding carboxylic acids is 1. The Morgan fingerprint density at radius 3 is 2.43 bits per heavy atom. The second kappa shape index (κ2) is 8.72. The summed E-state index contributed by atoms with van der Waals surface area (Å²) in [7, 11) is -7.63. The maximum absolute atomic E-state index is 13.3. The number of para-hydroxylation sites is 1. The van der Waals surface area contributed by atoms with Crippen LogP contribution in [0.25, 0.3) is 10.2 Å². The van der Waals surface area contributed by atoms with Crippen LogP contribution in [0.15, 0.2) is 76.5 Å². The van der Waals surface area contributed by atoms with E-state index in [0.717, 1.165) is 29.7 Å². The number of benzene rings is 3. The van der Waals surface area contributed by atoms with Gasteiger partial charge >= 0.3 is 0 Å². The molecule has 1 aliphatic rings. The molecule has 3 aromatic carbocycles. The van der Waals surface area contributed by atoms with Crippen molar-refractivity contribution >= 4 is 58.3 Å². The van der Waals surface area contributed by atoms with Gasteiger partial charge in [-0.2, -0.15) is 0 Å². The third kappa shape index (κ3) is 4.52. The van der Waals surface area contributed by atoms with Crippen LogP contribution in [0.5, 0.6) is 0 Å². The summed E-state index contributed by atoms with van der Waals surface area (Å²) in [6.07, 6.45) is 1.56. The molecule has 35 heavy (non-hydrogen) atoms. The molecule has 0 fully saturated rings. The molecule has 3 N–H and O–H groups in total. The molecule has 0 saturated heterocycles. The first-order valence-corrected chi connectivity index (χ1v) is 14.4. The molecule has 9 nitrogen and oxygen atoms in total. The van der Waals surface area contributed by atoms with Crippen molar-refractivity contribution in [3.05, 3.63) is 77.9 Å². The SMILES string of the molecule is NS(=O)(=O)c1ccc2nc(NC(=O)c3ccc(S(=O)(=O)N4CCCc5ccccc54)cc3)sc2c1. The number of anilines is 2. The molecule has 1 aromatic heterocycles. The van der Waals surface area contributed by atoms with E-state index in [9.17, 15) is 21.6 Å². The molecular formula is C23H20N4O5S3. The normalized spacial score (nSPS) is 14.0. The smallest absolute Gasteiger partial charge is 0.264 e. The lowest BCUT2D eigenvalue weighted by molar-refractivity contribution is 0.102. The largest absolute Gasteiger partial charge is 0.298 e. The molecule has 0 bridgehead atoms. The third-order valence-corrected chi connectivity index (χ3v) is 9.35. The average molecular weight is 529 g/mol. The Labute approximate surface area is 206 Å². The van der Waals surface area contributed by atoms with Crippen molar-refractivity contribution in [2.45, 2.75) is 22.6 Å². The minimum Gasteiger partial charge on any atom is -0.298 e. The number of rotatable bonds is 5. The zero-order valence-corrected chi connectivity index (χ0v) is 20.7. The van der Waals surface area contributed by atoms with E-state index in [2.05, 4.69) is 10.3 Å². The van der Waals surface area contributed by atoms with Gasteiger partial charge in [0.25, 0.3) is 15.9 Å². The van der Waals surface area contributed by atoms with E-state index < -0.39 is 26.0 Å². The maximum Gasteiger partial charge on any atom is 0.264 e. The predicted molar refractivity (Wildman–Crippen MR) is 135 cm³/mol. The molecule has 1 aliphatic heterocycles. The van der Waals surface area contributed by atoms with E-state index >= 15 is 0 Å². The van der Waals surface area contributed by atoms with E-state index in [0.29, 0.717) is 22.4 Å². The zero-order chi connectivity index (χ0) is 24.8. The monoisotopic (exact) mass is 528 g/mol. The van der Waals surface area contributed by atoms with Gasteiger partial charge in [-0.3, -0.25) is 14.4 Å². The Morgan fingerprint density at radius 2 is 1.69 bits per heavy atom. The predicted octanol–water partition coefficient (Wildman–Crippen LogP) is 3.34. The molecule has 4 aromatic rings. The van der Waals surface area contributed by atoms with Crippen LogP contribution in [0.4, 0.5) is 10.8 Å². The van der Waals surface area contributed by atoms with E-state index in [1.165, 1.54) is 46.8 Å². The number of nitrogens with two attached hydrogens (primary N) is 1. The Morgan fingerprint density at radius 1 is 0.971 bits per heavy atom. The molecule has 180 valence electrons. The summed E-state index contributed by atoms with van der Waals surface area (Å²) in [5, 5.41) is 8.11. The van der Waals surface area contributed by atoms with Gasteiger partial charge in [0.2, 0.25) is 10.0 Å². The van der Waals surface area contributed by atoms with Crippen molar-refractivity contribution in [1.82, 2.24) is 4.98 Å². The highest BCUT2D eigenvalue weighted by Crippen LogP contribution is 2.32. The molecule has 0 aliphatic carbocycles. The summed E-state index contributed by atoms with van der Waals surface area (Å²) < 4.78 is 51.6. The lowest BCUT2D eigenvalue weighted by Crippen LogP contribution is -2.35. The highest BCUT2D eigenvalue weighted by atomic mass is 32.2. The maximum atomic E-state index is 13.3. The number of sulfonamides is 2. The fourth-order valence-corrected chi connectivity index (χ4v) is 7.01. The van der Waals surface area contributed by atoms with E-state index in [-0.39, 0.29) is 20.5 Å². The van der Waals surface area contributed by atoms with Crippen molar-refractivity contribution in [2.75, 3.05) is 16.2 Å². The number of aryl methyl sites for hydroxylation is 1. The average Bonchev–Trinajstić information content (AvgIpc) is 3.24. The summed E-state index contributed by atoms with van der Waals surface area (Å²) in [5.41, 5.74) is 2.45. The standard InChI is InChI=1S/C23H20N4O5S3/c24-34(29,30)18-11-12-19-21(14-18)33-23(25-19)26-22(28)16-7-9-17(10-8-16)35(31,32)27-13-3-5-15-4-1-2-6-20(15)27/h1-2,4,6-12,14H,3,5,13H2,(H2,24,29,30)(H,25,26,28). The molecule has 2 heterocycles. The summed E-state index contributed by atoms with van der Waals surface area (Å²) in [5.74, 6) is -0.469. The Bertz CT molecular complexity index is 1660. The number of primary sulfonamides is 1. The Hall–Kier alpha value is -3.32.